The lowest BCUT2D eigenvalue weighted by Gasteiger charge is -2.08. The molecule has 0 fully saturated rings. The molecule has 0 saturated carbocycles. The third-order valence-corrected chi connectivity index (χ3v) is 4.33. The van der Waals surface area contributed by atoms with Crippen LogP contribution < -0.4 is 0 Å². The molecule has 88 valence electrons. The largest absolute Gasteiger partial charge is 0.481 e. The Labute approximate surface area is 94.8 Å². The summed E-state index contributed by atoms with van der Waals surface area (Å²) in [5.74, 6) is -1.46. The molecular formula is C11H14O4S. The molecule has 0 amide bonds. The van der Waals surface area contributed by atoms with Gasteiger partial charge in [-0.15, -0.1) is 0 Å². The van der Waals surface area contributed by atoms with Crippen molar-refractivity contribution in [1.29, 1.82) is 0 Å². The topological polar surface area (TPSA) is 71.4 Å². The zero-order valence-corrected chi connectivity index (χ0v) is 10.0. The van der Waals surface area contributed by atoms with Crippen LogP contribution in [0.4, 0.5) is 0 Å². The molecule has 0 radical (unpaired) electrons. The molecule has 0 unspecified atom stereocenters. The fourth-order valence-corrected chi connectivity index (χ4v) is 2.97. The molecular weight excluding hydrogens is 228 g/mol. The van der Waals surface area contributed by atoms with Crippen LogP contribution in [0, 0.1) is 13.8 Å². The number of hydrogen-bond donors (Lipinski definition) is 1. The molecule has 16 heavy (non-hydrogen) atoms. The highest BCUT2D eigenvalue weighted by Crippen LogP contribution is 2.19. The van der Waals surface area contributed by atoms with Gasteiger partial charge in [0.1, 0.15) is 0 Å². The lowest BCUT2D eigenvalue weighted by molar-refractivity contribution is -0.136. The Morgan fingerprint density at radius 1 is 1.31 bits per heavy atom. The summed E-state index contributed by atoms with van der Waals surface area (Å²) in [5.41, 5.74) is 1.57. The van der Waals surface area contributed by atoms with Crippen LogP contribution in [0.5, 0.6) is 0 Å². The van der Waals surface area contributed by atoms with Crippen molar-refractivity contribution in [3.05, 3.63) is 29.3 Å². The fraction of sp³-hybridized carbons (Fsp3) is 0.364. The Morgan fingerprint density at radius 2 is 1.94 bits per heavy atom. The van der Waals surface area contributed by atoms with Crippen LogP contribution in [0.25, 0.3) is 0 Å². The maximum atomic E-state index is 11.8. The van der Waals surface area contributed by atoms with Crippen LogP contribution in [-0.4, -0.2) is 25.2 Å². The number of aliphatic carboxylic acids is 1. The molecule has 0 aliphatic heterocycles. The highest BCUT2D eigenvalue weighted by Gasteiger charge is 2.18. The number of aryl methyl sites for hydroxylation is 1. The minimum absolute atomic E-state index is 0.230. The van der Waals surface area contributed by atoms with E-state index >= 15 is 0 Å². The molecule has 0 atom stereocenters. The van der Waals surface area contributed by atoms with Gasteiger partial charge in [-0.1, -0.05) is 12.1 Å². The molecule has 1 aromatic carbocycles. The Bertz CT molecular complexity index is 503. The first-order valence-corrected chi connectivity index (χ1v) is 6.50. The molecule has 0 aromatic heterocycles. The molecule has 0 saturated heterocycles. The van der Waals surface area contributed by atoms with E-state index in [4.69, 9.17) is 5.11 Å². The number of rotatable bonds is 4. The van der Waals surface area contributed by atoms with Gasteiger partial charge in [0.25, 0.3) is 0 Å². The van der Waals surface area contributed by atoms with Crippen molar-refractivity contribution < 1.29 is 18.3 Å². The van der Waals surface area contributed by atoms with E-state index in [1.165, 1.54) is 6.07 Å². The highest BCUT2D eigenvalue weighted by atomic mass is 32.2. The molecule has 0 bridgehead atoms. The van der Waals surface area contributed by atoms with Crippen LogP contribution in [0.2, 0.25) is 0 Å². The third kappa shape index (κ3) is 2.82. The zero-order valence-electron chi connectivity index (χ0n) is 9.23. The van der Waals surface area contributed by atoms with Gasteiger partial charge in [-0.05, 0) is 31.0 Å². The number of hydrogen-bond acceptors (Lipinski definition) is 3. The van der Waals surface area contributed by atoms with Crippen molar-refractivity contribution >= 4 is 15.8 Å². The van der Waals surface area contributed by atoms with Crippen molar-refractivity contribution in [2.24, 2.45) is 0 Å². The average molecular weight is 242 g/mol. The highest BCUT2D eigenvalue weighted by molar-refractivity contribution is 7.91. The number of benzene rings is 1. The summed E-state index contributed by atoms with van der Waals surface area (Å²) in [5, 5.41) is 8.48. The van der Waals surface area contributed by atoms with Gasteiger partial charge >= 0.3 is 5.97 Å². The first kappa shape index (κ1) is 12.7. The molecule has 5 heteroatoms. The van der Waals surface area contributed by atoms with E-state index in [9.17, 15) is 13.2 Å². The summed E-state index contributed by atoms with van der Waals surface area (Å²) in [4.78, 5) is 10.6. The van der Waals surface area contributed by atoms with Crippen LogP contribution >= 0.6 is 0 Å². The van der Waals surface area contributed by atoms with E-state index in [0.29, 0.717) is 5.56 Å². The number of carboxylic acids is 1. The van der Waals surface area contributed by atoms with Crippen LogP contribution in [0.3, 0.4) is 0 Å². The van der Waals surface area contributed by atoms with Crippen LogP contribution in [-0.2, 0) is 14.6 Å². The second-order valence-electron chi connectivity index (χ2n) is 3.66. The molecule has 0 heterocycles. The van der Waals surface area contributed by atoms with Crippen molar-refractivity contribution in [3.63, 3.8) is 0 Å². The van der Waals surface area contributed by atoms with Gasteiger partial charge < -0.3 is 5.11 Å². The number of carbonyl (C=O) groups is 1. The summed E-state index contributed by atoms with van der Waals surface area (Å²) >= 11 is 0. The van der Waals surface area contributed by atoms with Gasteiger partial charge in [-0.3, -0.25) is 4.79 Å². The summed E-state index contributed by atoms with van der Waals surface area (Å²) < 4.78 is 23.7. The smallest absolute Gasteiger partial charge is 0.304 e. The van der Waals surface area contributed by atoms with Gasteiger partial charge in [0, 0.05) is 0 Å². The summed E-state index contributed by atoms with van der Waals surface area (Å²) in [6.07, 6.45) is -0.365. The van der Waals surface area contributed by atoms with Gasteiger partial charge in [-0.2, -0.15) is 0 Å². The first-order valence-electron chi connectivity index (χ1n) is 4.85. The molecule has 1 N–H and O–H groups in total. The minimum atomic E-state index is -3.49. The van der Waals surface area contributed by atoms with Crippen LogP contribution in [0.1, 0.15) is 17.5 Å². The second kappa shape index (κ2) is 4.65. The predicted octanol–water partition coefficient (Wildman–Crippen LogP) is 1.55. The Hall–Kier alpha value is -1.36. The molecule has 1 rings (SSSR count). The van der Waals surface area contributed by atoms with Gasteiger partial charge in [-0.25, -0.2) is 8.42 Å². The van der Waals surface area contributed by atoms with E-state index in [2.05, 4.69) is 0 Å². The quantitative estimate of drug-likeness (QED) is 0.869. The number of carboxylic acid groups (broad SMARTS) is 1. The maximum Gasteiger partial charge on any atom is 0.304 e. The predicted molar refractivity (Wildman–Crippen MR) is 60.2 cm³/mol. The fourth-order valence-electron chi connectivity index (χ4n) is 1.39. The van der Waals surface area contributed by atoms with E-state index in [1.54, 1.807) is 13.0 Å². The van der Waals surface area contributed by atoms with E-state index in [-0.39, 0.29) is 17.1 Å². The normalized spacial score (nSPS) is 11.4. The van der Waals surface area contributed by atoms with Gasteiger partial charge in [0.15, 0.2) is 9.84 Å². The SMILES string of the molecule is Cc1cccc(S(=O)(=O)CCC(=O)O)c1C. The summed E-state index contributed by atoms with van der Waals surface area (Å²) in [6.45, 7) is 3.55. The minimum Gasteiger partial charge on any atom is -0.481 e. The molecule has 0 spiro atoms. The summed E-state index contributed by atoms with van der Waals surface area (Å²) in [7, 11) is -3.49. The van der Waals surface area contributed by atoms with Crippen molar-refractivity contribution in [3.8, 4) is 0 Å². The van der Waals surface area contributed by atoms with Gasteiger partial charge in [0.05, 0.1) is 17.1 Å². The molecule has 0 aliphatic carbocycles. The standard InChI is InChI=1S/C11H14O4S/c1-8-4-3-5-10(9(8)2)16(14,15)7-6-11(12)13/h3-5H,6-7H2,1-2H3,(H,12,13). The lowest BCUT2D eigenvalue weighted by Crippen LogP contribution is -2.12. The Morgan fingerprint density at radius 3 is 2.50 bits per heavy atom. The van der Waals surface area contributed by atoms with Crippen molar-refractivity contribution in [1.82, 2.24) is 0 Å². The Balaban J connectivity index is 3.08. The number of sulfone groups is 1. The molecule has 4 nitrogen and oxygen atoms in total. The second-order valence-corrected chi connectivity index (χ2v) is 5.74. The van der Waals surface area contributed by atoms with Crippen molar-refractivity contribution in [2.75, 3.05) is 5.75 Å². The first-order chi connectivity index (χ1) is 7.34. The molecule has 0 aliphatic rings. The Kier molecular flexibility index (Phi) is 3.70. The average Bonchev–Trinajstić information content (AvgIpc) is 2.19. The zero-order chi connectivity index (χ0) is 12.3. The third-order valence-electron chi connectivity index (χ3n) is 2.47. The van der Waals surface area contributed by atoms with Gasteiger partial charge in [0.2, 0.25) is 0 Å². The van der Waals surface area contributed by atoms with E-state index in [0.717, 1.165) is 5.56 Å². The monoisotopic (exact) mass is 242 g/mol. The van der Waals surface area contributed by atoms with Crippen LogP contribution in [0.15, 0.2) is 23.1 Å². The van der Waals surface area contributed by atoms with E-state index in [1.807, 2.05) is 13.0 Å². The van der Waals surface area contributed by atoms with Crippen molar-refractivity contribution in [2.45, 2.75) is 25.2 Å². The lowest BCUT2D eigenvalue weighted by atomic mass is 10.1. The van der Waals surface area contributed by atoms with E-state index < -0.39 is 15.8 Å². The molecule has 1 aromatic rings. The maximum absolute atomic E-state index is 11.8. The summed E-state index contributed by atoms with van der Waals surface area (Å²) in [6, 6.07) is 5.00.